The van der Waals surface area contributed by atoms with E-state index in [1.807, 2.05) is 6.92 Å². The Morgan fingerprint density at radius 2 is 1.91 bits per heavy atom. The van der Waals surface area contributed by atoms with Gasteiger partial charge in [0.25, 0.3) is 5.91 Å². The number of benzene rings is 1. The minimum absolute atomic E-state index is 0.226. The van der Waals surface area contributed by atoms with E-state index in [-0.39, 0.29) is 5.91 Å². The molecule has 0 spiro atoms. The lowest BCUT2D eigenvalue weighted by atomic mass is 10.0. The predicted octanol–water partition coefficient (Wildman–Crippen LogP) is 3.67. The normalized spacial score (nSPS) is 11.9. The number of hydrogen-bond donors (Lipinski definition) is 2. The molecular weight excluding hydrogens is 282 g/mol. The van der Waals surface area contributed by atoms with Crippen molar-refractivity contribution in [2.75, 3.05) is 5.32 Å². The molecule has 5 heteroatoms. The monoisotopic (exact) mass is 301 g/mol. The van der Waals surface area contributed by atoms with Crippen molar-refractivity contribution in [3.63, 3.8) is 0 Å². The summed E-state index contributed by atoms with van der Waals surface area (Å²) in [4.78, 5) is 23.2. The number of nitrogens with one attached hydrogen (secondary N) is 1. The standard InChI is InChI=1S/C17H19NO4/c1-3-4-15-14(9-10-22-15)16(19)18-13-7-5-12(6-8-13)11(2)17(20)21/h5-11H,3-4H2,1-2H3,(H,18,19)(H,20,21). The lowest BCUT2D eigenvalue weighted by Gasteiger charge is -2.09. The summed E-state index contributed by atoms with van der Waals surface area (Å²) in [5.74, 6) is -0.999. The molecule has 0 bridgehead atoms. The number of hydrogen-bond acceptors (Lipinski definition) is 3. The minimum Gasteiger partial charge on any atom is -0.481 e. The number of amides is 1. The van der Waals surface area contributed by atoms with Crippen LogP contribution in [0.4, 0.5) is 5.69 Å². The van der Waals surface area contributed by atoms with E-state index >= 15 is 0 Å². The summed E-state index contributed by atoms with van der Waals surface area (Å²) >= 11 is 0. The van der Waals surface area contributed by atoms with Gasteiger partial charge in [0.2, 0.25) is 0 Å². The number of carbonyl (C=O) groups excluding carboxylic acids is 1. The SMILES string of the molecule is CCCc1occc1C(=O)Nc1ccc(C(C)C(=O)O)cc1. The van der Waals surface area contributed by atoms with Crippen LogP contribution in [-0.2, 0) is 11.2 Å². The molecule has 0 aliphatic rings. The van der Waals surface area contributed by atoms with Crippen LogP contribution in [0.25, 0.3) is 0 Å². The number of aryl methyl sites for hydroxylation is 1. The second-order valence-corrected chi connectivity index (χ2v) is 5.14. The molecule has 5 nitrogen and oxygen atoms in total. The summed E-state index contributed by atoms with van der Waals surface area (Å²) < 4.78 is 5.31. The zero-order valence-corrected chi connectivity index (χ0v) is 12.6. The first-order valence-electron chi connectivity index (χ1n) is 7.23. The predicted molar refractivity (Wildman–Crippen MR) is 83.1 cm³/mol. The van der Waals surface area contributed by atoms with E-state index in [0.717, 1.165) is 6.42 Å². The Labute approximate surface area is 129 Å². The molecule has 1 aromatic carbocycles. The Kier molecular flexibility index (Phi) is 4.99. The molecule has 0 aliphatic heterocycles. The van der Waals surface area contributed by atoms with Gasteiger partial charge in [0.1, 0.15) is 5.76 Å². The third-order valence-corrected chi connectivity index (χ3v) is 3.51. The second-order valence-electron chi connectivity index (χ2n) is 5.14. The van der Waals surface area contributed by atoms with Crippen LogP contribution in [0.5, 0.6) is 0 Å². The summed E-state index contributed by atoms with van der Waals surface area (Å²) in [5.41, 5.74) is 1.85. The van der Waals surface area contributed by atoms with Crippen molar-refractivity contribution in [1.82, 2.24) is 0 Å². The highest BCUT2D eigenvalue weighted by Gasteiger charge is 2.15. The lowest BCUT2D eigenvalue weighted by Crippen LogP contribution is -2.13. The Bertz CT molecular complexity index is 658. The van der Waals surface area contributed by atoms with Gasteiger partial charge in [-0.2, -0.15) is 0 Å². The number of carbonyl (C=O) groups is 2. The topological polar surface area (TPSA) is 79.5 Å². The zero-order valence-electron chi connectivity index (χ0n) is 12.6. The van der Waals surface area contributed by atoms with E-state index in [9.17, 15) is 9.59 Å². The van der Waals surface area contributed by atoms with E-state index in [1.165, 1.54) is 6.26 Å². The molecule has 1 unspecified atom stereocenters. The Hall–Kier alpha value is -2.56. The quantitative estimate of drug-likeness (QED) is 0.853. The molecule has 0 aliphatic carbocycles. The van der Waals surface area contributed by atoms with Crippen molar-refractivity contribution in [2.45, 2.75) is 32.6 Å². The number of anilines is 1. The van der Waals surface area contributed by atoms with Gasteiger partial charge in [-0.1, -0.05) is 19.1 Å². The molecule has 1 aromatic heterocycles. The first-order chi connectivity index (χ1) is 10.5. The number of aliphatic carboxylic acids is 1. The maximum Gasteiger partial charge on any atom is 0.310 e. The average molecular weight is 301 g/mol. The van der Waals surface area contributed by atoms with E-state index in [4.69, 9.17) is 9.52 Å². The second kappa shape index (κ2) is 6.93. The van der Waals surface area contributed by atoms with Crippen LogP contribution >= 0.6 is 0 Å². The number of rotatable bonds is 6. The van der Waals surface area contributed by atoms with Gasteiger partial charge in [-0.25, -0.2) is 0 Å². The van der Waals surface area contributed by atoms with E-state index in [0.29, 0.717) is 29.0 Å². The minimum atomic E-state index is -0.876. The van der Waals surface area contributed by atoms with Crippen LogP contribution < -0.4 is 5.32 Å². The maximum atomic E-state index is 12.2. The van der Waals surface area contributed by atoms with Crippen molar-refractivity contribution >= 4 is 17.6 Å². The smallest absolute Gasteiger partial charge is 0.310 e. The molecule has 22 heavy (non-hydrogen) atoms. The van der Waals surface area contributed by atoms with Gasteiger partial charge in [-0.15, -0.1) is 0 Å². The van der Waals surface area contributed by atoms with Gasteiger partial charge in [0.05, 0.1) is 17.7 Å². The van der Waals surface area contributed by atoms with Crippen LogP contribution in [0.2, 0.25) is 0 Å². The van der Waals surface area contributed by atoms with Crippen molar-refractivity contribution in [2.24, 2.45) is 0 Å². The highest BCUT2D eigenvalue weighted by atomic mass is 16.4. The van der Waals surface area contributed by atoms with Crippen molar-refractivity contribution in [1.29, 1.82) is 0 Å². The molecule has 2 N–H and O–H groups in total. The van der Waals surface area contributed by atoms with Gasteiger partial charge in [-0.3, -0.25) is 9.59 Å². The van der Waals surface area contributed by atoms with E-state index in [2.05, 4.69) is 5.32 Å². The van der Waals surface area contributed by atoms with Crippen LogP contribution in [-0.4, -0.2) is 17.0 Å². The molecule has 2 aromatic rings. The molecule has 0 saturated heterocycles. The Morgan fingerprint density at radius 3 is 2.50 bits per heavy atom. The first-order valence-corrected chi connectivity index (χ1v) is 7.23. The van der Waals surface area contributed by atoms with Crippen LogP contribution in [0, 0.1) is 0 Å². The van der Waals surface area contributed by atoms with Gasteiger partial charge in [-0.05, 0) is 37.1 Å². The molecule has 1 heterocycles. The third-order valence-electron chi connectivity index (χ3n) is 3.51. The van der Waals surface area contributed by atoms with Gasteiger partial charge in [0.15, 0.2) is 0 Å². The third kappa shape index (κ3) is 3.55. The molecule has 0 radical (unpaired) electrons. The Balaban J connectivity index is 2.09. The summed E-state index contributed by atoms with van der Waals surface area (Å²) in [6.07, 6.45) is 3.12. The van der Waals surface area contributed by atoms with Gasteiger partial charge < -0.3 is 14.8 Å². The zero-order chi connectivity index (χ0) is 16.1. The summed E-state index contributed by atoms with van der Waals surface area (Å²) in [6.45, 7) is 3.64. The van der Waals surface area contributed by atoms with Crippen LogP contribution in [0.3, 0.4) is 0 Å². The molecule has 0 fully saturated rings. The van der Waals surface area contributed by atoms with Crippen LogP contribution in [0.1, 0.15) is 47.9 Å². The van der Waals surface area contributed by atoms with Gasteiger partial charge in [0, 0.05) is 12.1 Å². The maximum absolute atomic E-state index is 12.2. The summed E-state index contributed by atoms with van der Waals surface area (Å²) in [6, 6.07) is 8.47. The average Bonchev–Trinajstić information content (AvgIpc) is 2.96. The van der Waals surface area contributed by atoms with E-state index in [1.54, 1.807) is 37.3 Å². The molecule has 0 saturated carbocycles. The molecule has 1 amide bonds. The molecule has 1 atom stereocenters. The fraction of sp³-hybridized carbons (Fsp3) is 0.294. The highest BCUT2D eigenvalue weighted by Crippen LogP contribution is 2.20. The van der Waals surface area contributed by atoms with Crippen LogP contribution in [0.15, 0.2) is 41.0 Å². The summed E-state index contributed by atoms with van der Waals surface area (Å²) in [7, 11) is 0. The highest BCUT2D eigenvalue weighted by molar-refractivity contribution is 6.05. The fourth-order valence-corrected chi connectivity index (χ4v) is 2.16. The number of carboxylic acid groups (broad SMARTS) is 1. The van der Waals surface area contributed by atoms with Gasteiger partial charge >= 0.3 is 5.97 Å². The van der Waals surface area contributed by atoms with Crippen molar-refractivity contribution in [3.8, 4) is 0 Å². The van der Waals surface area contributed by atoms with Crippen molar-refractivity contribution in [3.05, 3.63) is 53.5 Å². The molecular formula is C17H19NO4. The summed E-state index contributed by atoms with van der Waals surface area (Å²) in [5, 5.41) is 11.8. The molecule has 116 valence electrons. The van der Waals surface area contributed by atoms with Crippen molar-refractivity contribution < 1.29 is 19.1 Å². The Morgan fingerprint density at radius 1 is 1.23 bits per heavy atom. The number of carboxylic acids is 1. The lowest BCUT2D eigenvalue weighted by molar-refractivity contribution is -0.138. The fourth-order valence-electron chi connectivity index (χ4n) is 2.16. The first kappa shape index (κ1) is 15.8. The van der Waals surface area contributed by atoms with E-state index < -0.39 is 11.9 Å². The number of furan rings is 1. The largest absolute Gasteiger partial charge is 0.481 e. The molecule has 2 rings (SSSR count).